The first-order valence-corrected chi connectivity index (χ1v) is 5.44. The molecule has 0 bridgehead atoms. The van der Waals surface area contributed by atoms with Gasteiger partial charge in [0.1, 0.15) is 6.67 Å². The van der Waals surface area contributed by atoms with Crippen molar-refractivity contribution < 1.29 is 9.50 Å². The molecule has 84 valence electrons. The number of halogens is 1. The average molecular weight is 212 g/mol. The predicted octanol–water partition coefficient (Wildman–Crippen LogP) is 2.06. The number of rotatable bonds is 2. The lowest BCUT2D eigenvalue weighted by atomic mass is 9.84. The number of aryl methyl sites for hydroxylation is 1. The van der Waals surface area contributed by atoms with Crippen LogP contribution >= 0.6 is 0 Å². The first kappa shape index (κ1) is 10.6. The van der Waals surface area contributed by atoms with E-state index in [4.69, 9.17) is 0 Å². The molecule has 1 aromatic rings. The molecule has 1 N–H and O–H groups in total. The summed E-state index contributed by atoms with van der Waals surface area (Å²) in [4.78, 5) is 0. The summed E-state index contributed by atoms with van der Waals surface area (Å²) in [6.45, 7) is 4.44. The maximum atomic E-state index is 12.4. The van der Waals surface area contributed by atoms with Gasteiger partial charge in [0.25, 0.3) is 0 Å². The van der Waals surface area contributed by atoms with E-state index in [1.54, 1.807) is 10.7 Å². The minimum Gasteiger partial charge on any atom is -0.387 e. The van der Waals surface area contributed by atoms with Gasteiger partial charge in [-0.25, -0.2) is 4.39 Å². The number of alkyl halides is 1. The van der Waals surface area contributed by atoms with Crippen molar-refractivity contribution in [2.45, 2.75) is 39.6 Å². The Balaban J connectivity index is 2.29. The van der Waals surface area contributed by atoms with Crippen molar-refractivity contribution >= 4 is 0 Å². The molecule has 2 atom stereocenters. The van der Waals surface area contributed by atoms with E-state index in [0.29, 0.717) is 11.6 Å². The SMILES string of the molecule is CC(C)C1CCn2nc(CF)cc2C1O. The number of hydrogen-bond acceptors (Lipinski definition) is 2. The summed E-state index contributed by atoms with van der Waals surface area (Å²) in [7, 11) is 0. The molecule has 0 saturated carbocycles. The normalized spacial score (nSPS) is 25.7. The number of aliphatic hydroxyl groups is 1. The molecule has 3 nitrogen and oxygen atoms in total. The second-order valence-corrected chi connectivity index (χ2v) is 4.56. The van der Waals surface area contributed by atoms with Crippen LogP contribution in [0.5, 0.6) is 0 Å². The van der Waals surface area contributed by atoms with Crippen LogP contribution in [-0.2, 0) is 13.2 Å². The molecule has 1 aliphatic rings. The van der Waals surface area contributed by atoms with Gasteiger partial charge in [-0.05, 0) is 24.3 Å². The number of nitrogens with zero attached hydrogens (tertiary/aromatic N) is 2. The lowest BCUT2D eigenvalue weighted by molar-refractivity contribution is 0.0476. The van der Waals surface area contributed by atoms with Gasteiger partial charge in [0, 0.05) is 6.54 Å². The molecule has 0 aromatic carbocycles. The van der Waals surface area contributed by atoms with E-state index in [0.717, 1.165) is 18.7 Å². The van der Waals surface area contributed by atoms with Crippen LogP contribution in [0.25, 0.3) is 0 Å². The molecule has 0 amide bonds. The number of hydrogen-bond donors (Lipinski definition) is 1. The molecule has 2 heterocycles. The number of fused-ring (bicyclic) bond motifs is 1. The summed E-state index contributed by atoms with van der Waals surface area (Å²) >= 11 is 0. The van der Waals surface area contributed by atoms with Gasteiger partial charge >= 0.3 is 0 Å². The zero-order valence-electron chi connectivity index (χ0n) is 9.15. The van der Waals surface area contributed by atoms with E-state index in [-0.39, 0.29) is 5.92 Å². The Bertz CT molecular complexity index is 348. The molecule has 1 aromatic heterocycles. The van der Waals surface area contributed by atoms with E-state index in [2.05, 4.69) is 18.9 Å². The monoisotopic (exact) mass is 212 g/mol. The van der Waals surface area contributed by atoms with Crippen LogP contribution in [0.2, 0.25) is 0 Å². The molecule has 0 spiro atoms. The third-order valence-electron chi connectivity index (χ3n) is 3.24. The van der Waals surface area contributed by atoms with E-state index >= 15 is 0 Å². The van der Waals surface area contributed by atoms with Gasteiger partial charge in [0.15, 0.2) is 0 Å². The van der Waals surface area contributed by atoms with Crippen molar-refractivity contribution in [3.8, 4) is 0 Å². The molecule has 0 aliphatic carbocycles. The molecule has 2 unspecified atom stereocenters. The van der Waals surface area contributed by atoms with Crippen molar-refractivity contribution in [1.29, 1.82) is 0 Å². The van der Waals surface area contributed by atoms with Gasteiger partial charge in [-0.3, -0.25) is 4.68 Å². The maximum Gasteiger partial charge on any atom is 0.133 e. The number of aliphatic hydroxyl groups excluding tert-OH is 1. The first-order chi connectivity index (χ1) is 7.13. The quantitative estimate of drug-likeness (QED) is 0.814. The van der Waals surface area contributed by atoms with Crippen molar-refractivity contribution in [1.82, 2.24) is 9.78 Å². The zero-order chi connectivity index (χ0) is 11.0. The van der Waals surface area contributed by atoms with E-state index < -0.39 is 12.8 Å². The molecule has 4 heteroatoms. The Morgan fingerprint density at radius 1 is 1.67 bits per heavy atom. The van der Waals surface area contributed by atoms with Crippen molar-refractivity contribution in [3.05, 3.63) is 17.5 Å². The summed E-state index contributed by atoms with van der Waals surface area (Å²) in [5, 5.41) is 14.2. The third-order valence-corrected chi connectivity index (χ3v) is 3.24. The lowest BCUT2D eigenvalue weighted by Crippen LogP contribution is -2.28. The topological polar surface area (TPSA) is 38.0 Å². The van der Waals surface area contributed by atoms with Crippen LogP contribution in [0.3, 0.4) is 0 Å². The predicted molar refractivity (Wildman–Crippen MR) is 54.9 cm³/mol. The highest BCUT2D eigenvalue weighted by atomic mass is 19.1. The van der Waals surface area contributed by atoms with Crippen molar-refractivity contribution in [2.24, 2.45) is 11.8 Å². The molecule has 0 radical (unpaired) electrons. The lowest BCUT2D eigenvalue weighted by Gasteiger charge is -2.31. The molecular formula is C11H17FN2O. The highest BCUT2D eigenvalue weighted by Gasteiger charge is 2.31. The highest BCUT2D eigenvalue weighted by molar-refractivity contribution is 5.15. The van der Waals surface area contributed by atoms with Crippen molar-refractivity contribution in [2.75, 3.05) is 0 Å². The second-order valence-electron chi connectivity index (χ2n) is 4.56. The molecule has 0 fully saturated rings. The van der Waals surface area contributed by atoms with Crippen LogP contribution in [-0.4, -0.2) is 14.9 Å². The Kier molecular flexibility index (Phi) is 2.78. The van der Waals surface area contributed by atoms with E-state index in [9.17, 15) is 9.50 Å². The molecule has 1 aliphatic heterocycles. The van der Waals surface area contributed by atoms with Crippen LogP contribution in [0.4, 0.5) is 4.39 Å². The van der Waals surface area contributed by atoms with Crippen LogP contribution in [0.15, 0.2) is 6.07 Å². The fourth-order valence-electron chi connectivity index (χ4n) is 2.32. The molecular weight excluding hydrogens is 195 g/mol. The van der Waals surface area contributed by atoms with Crippen LogP contribution in [0, 0.1) is 11.8 Å². The fourth-order valence-corrected chi connectivity index (χ4v) is 2.32. The van der Waals surface area contributed by atoms with Gasteiger partial charge in [0.2, 0.25) is 0 Å². The van der Waals surface area contributed by atoms with Gasteiger partial charge in [0.05, 0.1) is 17.5 Å². The van der Waals surface area contributed by atoms with Crippen molar-refractivity contribution in [3.63, 3.8) is 0 Å². The smallest absolute Gasteiger partial charge is 0.133 e. The fraction of sp³-hybridized carbons (Fsp3) is 0.727. The maximum absolute atomic E-state index is 12.4. The number of aromatic nitrogens is 2. The minimum absolute atomic E-state index is 0.265. The van der Waals surface area contributed by atoms with Gasteiger partial charge < -0.3 is 5.11 Å². The summed E-state index contributed by atoms with van der Waals surface area (Å²) in [6, 6.07) is 1.68. The summed E-state index contributed by atoms with van der Waals surface area (Å²) in [5.74, 6) is 0.708. The minimum atomic E-state index is -0.556. The summed E-state index contributed by atoms with van der Waals surface area (Å²) in [6.07, 6.45) is 0.422. The summed E-state index contributed by atoms with van der Waals surface area (Å²) in [5.41, 5.74) is 1.20. The van der Waals surface area contributed by atoms with E-state index in [1.165, 1.54) is 0 Å². The zero-order valence-corrected chi connectivity index (χ0v) is 9.15. The van der Waals surface area contributed by atoms with Gasteiger partial charge in [-0.2, -0.15) is 5.10 Å². The molecule has 0 saturated heterocycles. The largest absolute Gasteiger partial charge is 0.387 e. The van der Waals surface area contributed by atoms with Gasteiger partial charge in [-0.1, -0.05) is 13.8 Å². The molecule has 2 rings (SSSR count). The average Bonchev–Trinajstić information content (AvgIpc) is 2.61. The Labute approximate surface area is 88.9 Å². The summed E-state index contributed by atoms with van der Waals surface area (Å²) < 4.78 is 14.2. The van der Waals surface area contributed by atoms with Gasteiger partial charge in [-0.15, -0.1) is 0 Å². The second kappa shape index (κ2) is 3.93. The van der Waals surface area contributed by atoms with Crippen LogP contribution in [0.1, 0.15) is 37.8 Å². The Hall–Kier alpha value is -0.900. The van der Waals surface area contributed by atoms with Crippen LogP contribution < -0.4 is 0 Å². The first-order valence-electron chi connectivity index (χ1n) is 5.44. The Morgan fingerprint density at radius 3 is 3.00 bits per heavy atom. The third kappa shape index (κ3) is 1.78. The van der Waals surface area contributed by atoms with E-state index in [1.807, 2.05) is 0 Å². The highest BCUT2D eigenvalue weighted by Crippen LogP contribution is 2.35. The Morgan fingerprint density at radius 2 is 2.40 bits per heavy atom. The standard InChI is InChI=1S/C11H17FN2O/c1-7(2)9-3-4-14-10(11(9)15)5-8(6-12)13-14/h5,7,9,11,15H,3-4,6H2,1-2H3. The molecule has 15 heavy (non-hydrogen) atoms.